The van der Waals surface area contributed by atoms with Crippen molar-refractivity contribution >= 4 is 12.0 Å². The highest BCUT2D eigenvalue weighted by molar-refractivity contribution is 6.03. The van der Waals surface area contributed by atoms with E-state index in [-0.39, 0.29) is 29.5 Å². The fraction of sp³-hybridized carbons (Fsp3) is 0.188. The van der Waals surface area contributed by atoms with Gasteiger partial charge in [-0.3, -0.25) is 4.79 Å². The van der Waals surface area contributed by atoms with Crippen molar-refractivity contribution in [2.45, 2.75) is 6.54 Å². The number of hydrogen-bond donors (Lipinski definition) is 0. The summed E-state index contributed by atoms with van der Waals surface area (Å²) < 4.78 is 6.71. The average Bonchev–Trinajstić information content (AvgIpc) is 2.94. The van der Waals surface area contributed by atoms with Crippen LogP contribution in [0.15, 0.2) is 54.9 Å². The molecule has 1 aliphatic heterocycles. The number of benzene rings is 1. The first-order chi connectivity index (χ1) is 10.2. The highest BCUT2D eigenvalue weighted by Gasteiger charge is 2.30. The molecule has 6 heteroatoms. The molecule has 0 saturated carbocycles. The Morgan fingerprint density at radius 2 is 1.95 bits per heavy atom. The normalized spacial score (nSPS) is 13.5. The van der Waals surface area contributed by atoms with Crippen LogP contribution < -0.4 is 21.5 Å². The number of carbonyl (C=O) groups is 2. The summed E-state index contributed by atoms with van der Waals surface area (Å²) in [4.78, 5) is 24.8. The molecule has 2 amide bonds. The van der Waals surface area contributed by atoms with E-state index in [2.05, 4.69) is 0 Å². The van der Waals surface area contributed by atoms with Crippen LogP contribution in [0.25, 0.3) is 0 Å². The maximum Gasteiger partial charge on any atom is 0.416 e. The Balaban J connectivity index is 0.00000176. The Kier molecular flexibility index (Phi) is 5.27. The van der Waals surface area contributed by atoms with E-state index in [1.165, 1.54) is 0 Å². The van der Waals surface area contributed by atoms with E-state index >= 15 is 0 Å². The van der Waals surface area contributed by atoms with Gasteiger partial charge in [-0.05, 0) is 6.07 Å². The largest absolute Gasteiger partial charge is 1.00 e. The molecule has 3 rings (SSSR count). The summed E-state index contributed by atoms with van der Waals surface area (Å²) in [5.74, 6) is -0.320. The van der Waals surface area contributed by atoms with Crippen molar-refractivity contribution in [1.29, 1.82) is 0 Å². The summed E-state index contributed by atoms with van der Waals surface area (Å²) in [6.45, 7) is 1.25. The van der Waals surface area contributed by atoms with Gasteiger partial charge >= 0.3 is 6.09 Å². The zero-order chi connectivity index (χ0) is 14.7. The first-order valence-corrected chi connectivity index (χ1v) is 6.76. The van der Waals surface area contributed by atoms with Crippen LogP contribution in [0.1, 0.15) is 15.9 Å². The minimum Gasteiger partial charge on any atom is -1.00 e. The molecule has 0 aliphatic carbocycles. The van der Waals surface area contributed by atoms with Crippen molar-refractivity contribution in [3.8, 4) is 0 Å². The molecule has 0 atom stereocenters. The van der Waals surface area contributed by atoms with Crippen LogP contribution in [0, 0.1) is 0 Å². The standard InChI is InChI=1S/C16H15N2O3.BrH/c19-15(18-9-10-21-16(18)20)14-7-4-8-17(12-14)11-13-5-2-1-3-6-13;/h1-8,12H,9-11H2;1H/q+1;/p-1. The van der Waals surface area contributed by atoms with Gasteiger partial charge in [0.25, 0.3) is 5.91 Å². The first-order valence-electron chi connectivity index (χ1n) is 6.76. The third-order valence-electron chi connectivity index (χ3n) is 3.32. The first kappa shape index (κ1) is 16.2. The second-order valence-electron chi connectivity index (χ2n) is 4.82. The number of aromatic nitrogens is 1. The lowest BCUT2D eigenvalue weighted by atomic mass is 10.2. The Morgan fingerprint density at radius 3 is 2.64 bits per heavy atom. The number of hydrogen-bond acceptors (Lipinski definition) is 3. The number of carbonyl (C=O) groups excluding carboxylic acids is 2. The second-order valence-corrected chi connectivity index (χ2v) is 4.82. The van der Waals surface area contributed by atoms with Gasteiger partial charge in [0.2, 0.25) is 0 Å². The van der Waals surface area contributed by atoms with Gasteiger partial charge in [0.05, 0.1) is 6.54 Å². The predicted molar refractivity (Wildman–Crippen MR) is 74.6 cm³/mol. The summed E-state index contributed by atoms with van der Waals surface area (Å²) >= 11 is 0. The molecule has 22 heavy (non-hydrogen) atoms. The average molecular weight is 363 g/mol. The maximum atomic E-state index is 12.3. The van der Waals surface area contributed by atoms with E-state index in [1.54, 1.807) is 18.3 Å². The van der Waals surface area contributed by atoms with Crippen LogP contribution in [0.5, 0.6) is 0 Å². The van der Waals surface area contributed by atoms with Crippen LogP contribution in [-0.4, -0.2) is 30.1 Å². The zero-order valence-electron chi connectivity index (χ0n) is 11.8. The Hall–Kier alpha value is -2.21. The van der Waals surface area contributed by atoms with Crippen LogP contribution >= 0.6 is 0 Å². The fourth-order valence-corrected chi connectivity index (χ4v) is 2.27. The molecule has 1 fully saturated rings. The molecule has 1 aromatic carbocycles. The monoisotopic (exact) mass is 362 g/mol. The number of cyclic esters (lactones) is 1. The molecule has 2 aromatic rings. The molecule has 1 aromatic heterocycles. The van der Waals surface area contributed by atoms with Crippen molar-refractivity contribution in [3.63, 3.8) is 0 Å². The Labute approximate surface area is 138 Å². The SMILES string of the molecule is O=C1OCCN1C(=O)c1ccc[n+](Cc2ccccc2)c1.[Br-]. The summed E-state index contributed by atoms with van der Waals surface area (Å²) in [6.07, 6.45) is 3.07. The van der Waals surface area contributed by atoms with E-state index in [0.29, 0.717) is 18.7 Å². The lowest BCUT2D eigenvalue weighted by Crippen LogP contribution is -3.00. The number of imide groups is 1. The number of halogens is 1. The number of rotatable bonds is 3. The maximum absolute atomic E-state index is 12.3. The summed E-state index contributed by atoms with van der Waals surface area (Å²) in [7, 11) is 0. The minimum atomic E-state index is -0.571. The zero-order valence-corrected chi connectivity index (χ0v) is 13.4. The van der Waals surface area contributed by atoms with Crippen LogP contribution in [0.4, 0.5) is 4.79 Å². The highest BCUT2D eigenvalue weighted by atomic mass is 79.9. The topological polar surface area (TPSA) is 50.5 Å². The molecule has 0 bridgehead atoms. The molecule has 114 valence electrons. The molecular formula is C16H15BrN2O3. The van der Waals surface area contributed by atoms with Gasteiger partial charge in [-0.15, -0.1) is 0 Å². The molecule has 0 N–H and O–H groups in total. The number of pyridine rings is 1. The smallest absolute Gasteiger partial charge is 0.416 e. The van der Waals surface area contributed by atoms with Gasteiger partial charge in [-0.2, -0.15) is 4.57 Å². The Morgan fingerprint density at radius 1 is 1.18 bits per heavy atom. The van der Waals surface area contributed by atoms with Crippen molar-refractivity contribution in [2.75, 3.05) is 13.2 Å². The van der Waals surface area contributed by atoms with Crippen molar-refractivity contribution in [2.24, 2.45) is 0 Å². The molecule has 1 aliphatic rings. The highest BCUT2D eigenvalue weighted by Crippen LogP contribution is 2.09. The molecule has 0 radical (unpaired) electrons. The predicted octanol–water partition coefficient (Wildman–Crippen LogP) is -1.38. The van der Waals surface area contributed by atoms with Gasteiger partial charge in [-0.1, -0.05) is 30.3 Å². The van der Waals surface area contributed by atoms with E-state index in [4.69, 9.17) is 4.74 Å². The van der Waals surface area contributed by atoms with E-state index in [1.807, 2.05) is 41.1 Å². The fourth-order valence-electron chi connectivity index (χ4n) is 2.27. The third-order valence-corrected chi connectivity index (χ3v) is 3.32. The van der Waals surface area contributed by atoms with Crippen molar-refractivity contribution < 1.29 is 35.9 Å². The van der Waals surface area contributed by atoms with Gasteiger partial charge in [-0.25, -0.2) is 9.69 Å². The van der Waals surface area contributed by atoms with Gasteiger partial charge in [0.1, 0.15) is 12.2 Å². The molecule has 0 unspecified atom stereocenters. The number of amides is 2. The van der Waals surface area contributed by atoms with Crippen LogP contribution in [0.2, 0.25) is 0 Å². The van der Waals surface area contributed by atoms with Gasteiger partial charge in [0, 0.05) is 11.6 Å². The van der Waals surface area contributed by atoms with E-state index in [0.717, 1.165) is 10.5 Å². The van der Waals surface area contributed by atoms with E-state index < -0.39 is 6.09 Å². The molecule has 2 heterocycles. The quantitative estimate of drug-likeness (QED) is 0.632. The second kappa shape index (κ2) is 7.17. The van der Waals surface area contributed by atoms with Gasteiger partial charge in [0.15, 0.2) is 18.9 Å². The summed E-state index contributed by atoms with van der Waals surface area (Å²) in [5.41, 5.74) is 1.62. The van der Waals surface area contributed by atoms with Crippen molar-refractivity contribution in [1.82, 2.24) is 4.90 Å². The molecule has 0 spiro atoms. The van der Waals surface area contributed by atoms with Crippen molar-refractivity contribution in [3.05, 3.63) is 66.0 Å². The van der Waals surface area contributed by atoms with E-state index in [9.17, 15) is 9.59 Å². The van der Waals surface area contributed by atoms with Crippen LogP contribution in [0.3, 0.4) is 0 Å². The molecular weight excluding hydrogens is 348 g/mol. The van der Waals surface area contributed by atoms with Gasteiger partial charge < -0.3 is 21.7 Å². The lowest BCUT2D eigenvalue weighted by molar-refractivity contribution is -0.688. The molecule has 5 nitrogen and oxygen atoms in total. The van der Waals surface area contributed by atoms with Crippen LogP contribution in [-0.2, 0) is 11.3 Å². The molecule has 1 saturated heterocycles. The number of nitrogens with zero attached hydrogens (tertiary/aromatic N) is 2. The number of ether oxygens (including phenoxy) is 1. The summed E-state index contributed by atoms with van der Waals surface area (Å²) in [6, 6.07) is 13.5. The Bertz CT molecular complexity index is 676. The minimum absolute atomic E-state index is 0. The lowest BCUT2D eigenvalue weighted by Gasteiger charge is -2.09. The third kappa shape index (κ3) is 3.51. The summed E-state index contributed by atoms with van der Waals surface area (Å²) in [5, 5.41) is 0.